The first-order chi connectivity index (χ1) is 10.7. The summed E-state index contributed by atoms with van der Waals surface area (Å²) in [7, 11) is 0. The Morgan fingerprint density at radius 2 is 2.09 bits per heavy atom. The summed E-state index contributed by atoms with van der Waals surface area (Å²) in [6, 6.07) is 2.29. The van der Waals surface area contributed by atoms with E-state index in [1.54, 1.807) is 12.4 Å². The van der Waals surface area contributed by atoms with Crippen molar-refractivity contribution in [2.75, 3.05) is 18.9 Å². The average Bonchev–Trinajstić information content (AvgIpc) is 2.94. The van der Waals surface area contributed by atoms with Crippen LogP contribution in [0.3, 0.4) is 0 Å². The van der Waals surface area contributed by atoms with E-state index in [4.69, 9.17) is 15.2 Å². The third kappa shape index (κ3) is 2.66. The molecule has 2 N–H and O–H groups in total. The Labute approximate surface area is 132 Å². The molecule has 1 saturated carbocycles. The minimum absolute atomic E-state index is 0.222. The van der Waals surface area contributed by atoms with Gasteiger partial charge in [0.05, 0.1) is 10.6 Å². The second kappa shape index (κ2) is 5.48. The van der Waals surface area contributed by atoms with Crippen LogP contribution in [0.5, 0.6) is 6.01 Å². The second-order valence-corrected chi connectivity index (χ2v) is 7.11. The molecule has 0 atom stereocenters. The van der Waals surface area contributed by atoms with Gasteiger partial charge in [0.1, 0.15) is 6.10 Å². The van der Waals surface area contributed by atoms with E-state index >= 15 is 0 Å². The number of hydrogen-bond donors (Lipinski definition) is 1. The molecule has 7 heteroatoms. The maximum atomic E-state index is 5.94. The largest absolute Gasteiger partial charge is 0.460 e. The van der Waals surface area contributed by atoms with Crippen molar-refractivity contribution in [2.24, 2.45) is 5.41 Å². The van der Waals surface area contributed by atoms with E-state index in [-0.39, 0.29) is 6.10 Å². The lowest BCUT2D eigenvalue weighted by Gasteiger charge is -2.49. The summed E-state index contributed by atoms with van der Waals surface area (Å²) in [6.45, 7) is 1.76. The zero-order valence-electron chi connectivity index (χ0n) is 12.2. The summed E-state index contributed by atoms with van der Waals surface area (Å²) in [6.07, 6.45) is 8.12. The third-order valence-electron chi connectivity index (χ3n) is 4.56. The molecule has 0 amide bonds. The molecule has 1 spiro atoms. The molecule has 116 valence electrons. The molecular weight excluding hydrogens is 300 g/mol. The van der Waals surface area contributed by atoms with Crippen LogP contribution >= 0.6 is 11.3 Å². The molecule has 1 aliphatic heterocycles. The van der Waals surface area contributed by atoms with Crippen LogP contribution in [-0.4, -0.2) is 34.3 Å². The predicted octanol–water partition coefficient (Wildman–Crippen LogP) is 2.52. The molecule has 0 bridgehead atoms. The fraction of sp³-hybridized carbons (Fsp3) is 0.533. The number of aromatic nitrogens is 3. The molecule has 4 rings (SSSR count). The standard InChI is InChI=1S/C15H18N4O2S/c16-13-18-9-12(22-13)11-1-4-17-14(19-11)21-10-7-15(8-10)2-5-20-6-3-15/h1,4,9-10H,2-3,5-8H2,(H2,16,18). The van der Waals surface area contributed by atoms with Crippen LogP contribution in [0.2, 0.25) is 0 Å². The van der Waals surface area contributed by atoms with Gasteiger partial charge in [0.15, 0.2) is 5.13 Å². The number of nitrogens with zero attached hydrogens (tertiary/aromatic N) is 3. The van der Waals surface area contributed by atoms with Gasteiger partial charge in [-0.1, -0.05) is 11.3 Å². The molecule has 22 heavy (non-hydrogen) atoms. The first kappa shape index (κ1) is 13.9. The lowest BCUT2D eigenvalue weighted by atomic mass is 9.62. The van der Waals surface area contributed by atoms with Gasteiger partial charge in [0.2, 0.25) is 0 Å². The molecule has 2 fully saturated rings. The summed E-state index contributed by atoms with van der Waals surface area (Å²) in [5.41, 5.74) is 6.91. The normalized spacial score (nSPS) is 20.7. The van der Waals surface area contributed by atoms with Crippen LogP contribution in [0.15, 0.2) is 18.5 Å². The van der Waals surface area contributed by atoms with E-state index in [2.05, 4.69) is 15.0 Å². The monoisotopic (exact) mass is 318 g/mol. The van der Waals surface area contributed by atoms with Crippen molar-refractivity contribution in [1.82, 2.24) is 15.0 Å². The number of ether oxygens (including phenoxy) is 2. The van der Waals surface area contributed by atoms with Gasteiger partial charge < -0.3 is 15.2 Å². The molecule has 1 saturated heterocycles. The van der Waals surface area contributed by atoms with Crippen molar-refractivity contribution >= 4 is 16.5 Å². The molecular formula is C15H18N4O2S. The number of nitrogens with two attached hydrogens (primary N) is 1. The number of nitrogen functional groups attached to an aromatic ring is 1. The van der Waals surface area contributed by atoms with Crippen molar-refractivity contribution < 1.29 is 9.47 Å². The lowest BCUT2D eigenvalue weighted by molar-refractivity contribution is -0.0880. The highest BCUT2D eigenvalue weighted by Gasteiger charge is 2.46. The topological polar surface area (TPSA) is 83.2 Å². The molecule has 0 radical (unpaired) electrons. The van der Waals surface area contributed by atoms with Crippen LogP contribution in [0.1, 0.15) is 25.7 Å². The first-order valence-electron chi connectivity index (χ1n) is 7.52. The van der Waals surface area contributed by atoms with Crippen LogP contribution in [0.25, 0.3) is 10.6 Å². The van der Waals surface area contributed by atoms with E-state index < -0.39 is 0 Å². The van der Waals surface area contributed by atoms with Gasteiger partial charge in [-0.3, -0.25) is 0 Å². The van der Waals surface area contributed by atoms with Gasteiger partial charge in [-0.15, -0.1) is 0 Å². The van der Waals surface area contributed by atoms with Crippen molar-refractivity contribution in [3.05, 3.63) is 18.5 Å². The fourth-order valence-electron chi connectivity index (χ4n) is 3.29. The average molecular weight is 318 g/mol. The molecule has 0 unspecified atom stereocenters. The van der Waals surface area contributed by atoms with Crippen LogP contribution in [0, 0.1) is 5.41 Å². The molecule has 3 heterocycles. The van der Waals surface area contributed by atoms with Crippen molar-refractivity contribution in [1.29, 1.82) is 0 Å². The minimum atomic E-state index is 0.222. The number of hydrogen-bond acceptors (Lipinski definition) is 7. The van der Waals surface area contributed by atoms with E-state index in [0.29, 0.717) is 16.6 Å². The Kier molecular flexibility index (Phi) is 3.46. The lowest BCUT2D eigenvalue weighted by Crippen LogP contribution is -2.47. The maximum Gasteiger partial charge on any atom is 0.317 e. The highest BCUT2D eigenvalue weighted by atomic mass is 32.1. The second-order valence-electron chi connectivity index (χ2n) is 6.05. The zero-order valence-corrected chi connectivity index (χ0v) is 13.0. The molecule has 6 nitrogen and oxygen atoms in total. The summed E-state index contributed by atoms with van der Waals surface area (Å²) < 4.78 is 11.4. The summed E-state index contributed by atoms with van der Waals surface area (Å²) in [4.78, 5) is 13.7. The Morgan fingerprint density at radius 3 is 2.82 bits per heavy atom. The Morgan fingerprint density at radius 1 is 1.27 bits per heavy atom. The third-order valence-corrected chi connectivity index (χ3v) is 5.41. The van der Waals surface area contributed by atoms with Crippen LogP contribution in [0.4, 0.5) is 5.13 Å². The summed E-state index contributed by atoms with van der Waals surface area (Å²) in [5, 5.41) is 0.538. The van der Waals surface area contributed by atoms with Crippen molar-refractivity contribution in [2.45, 2.75) is 31.8 Å². The summed E-state index contributed by atoms with van der Waals surface area (Å²) >= 11 is 1.41. The Hall–Kier alpha value is -1.73. The SMILES string of the molecule is Nc1ncc(-c2ccnc(OC3CC4(CCOCC4)C3)n2)s1. The van der Waals surface area contributed by atoms with Gasteiger partial charge in [-0.25, -0.2) is 9.97 Å². The quantitative estimate of drug-likeness (QED) is 0.936. The maximum absolute atomic E-state index is 5.94. The molecule has 0 aromatic carbocycles. The first-order valence-corrected chi connectivity index (χ1v) is 8.33. The van der Waals surface area contributed by atoms with Gasteiger partial charge in [0, 0.05) is 25.6 Å². The van der Waals surface area contributed by atoms with Crippen molar-refractivity contribution in [3.8, 4) is 16.6 Å². The van der Waals surface area contributed by atoms with Gasteiger partial charge in [0.25, 0.3) is 0 Å². The van der Waals surface area contributed by atoms with E-state index in [9.17, 15) is 0 Å². The minimum Gasteiger partial charge on any atom is -0.460 e. The van der Waals surface area contributed by atoms with E-state index in [1.165, 1.54) is 11.3 Å². The molecule has 2 aromatic rings. The Balaban J connectivity index is 1.42. The summed E-state index contributed by atoms with van der Waals surface area (Å²) in [5.74, 6) is 0. The molecule has 1 aliphatic carbocycles. The molecule has 2 aromatic heterocycles. The van der Waals surface area contributed by atoms with Crippen molar-refractivity contribution in [3.63, 3.8) is 0 Å². The number of rotatable bonds is 3. The van der Waals surface area contributed by atoms with Crippen LogP contribution in [-0.2, 0) is 4.74 Å². The van der Waals surface area contributed by atoms with Gasteiger partial charge >= 0.3 is 6.01 Å². The predicted molar refractivity (Wildman–Crippen MR) is 83.7 cm³/mol. The highest BCUT2D eigenvalue weighted by molar-refractivity contribution is 7.18. The van der Waals surface area contributed by atoms with E-state index in [1.807, 2.05) is 6.07 Å². The number of thiazole rings is 1. The number of anilines is 1. The molecule has 2 aliphatic rings. The Bertz CT molecular complexity index is 661. The van der Waals surface area contributed by atoms with Crippen LogP contribution < -0.4 is 10.5 Å². The van der Waals surface area contributed by atoms with Gasteiger partial charge in [-0.05, 0) is 37.2 Å². The van der Waals surface area contributed by atoms with Gasteiger partial charge in [-0.2, -0.15) is 4.98 Å². The van der Waals surface area contributed by atoms with E-state index in [0.717, 1.165) is 49.5 Å². The highest BCUT2D eigenvalue weighted by Crippen LogP contribution is 2.49. The zero-order chi connectivity index (χ0) is 15.0. The fourth-order valence-corrected chi connectivity index (χ4v) is 3.95. The smallest absolute Gasteiger partial charge is 0.317 e.